The number of H-pyrrole nitrogens is 2. The van der Waals surface area contributed by atoms with Gasteiger partial charge in [0, 0.05) is 58.1 Å². The number of fused-ring (bicyclic) bond motifs is 8. The second-order valence-electron chi connectivity index (χ2n) is 11.9. The van der Waals surface area contributed by atoms with Crippen LogP contribution in [0.2, 0.25) is 0 Å². The Morgan fingerprint density at radius 1 is 1.02 bits per heavy atom. The number of carboxylic acid groups (broad SMARTS) is 1. The van der Waals surface area contributed by atoms with Gasteiger partial charge in [0.05, 0.1) is 29.8 Å². The Balaban J connectivity index is 2.01. The van der Waals surface area contributed by atoms with Crippen LogP contribution in [0.15, 0.2) is 24.8 Å². The van der Waals surface area contributed by atoms with E-state index in [1.54, 1.807) is 13.8 Å². The molecule has 2 aliphatic heterocycles. The zero-order valence-corrected chi connectivity index (χ0v) is 27.5. The highest BCUT2D eigenvalue weighted by Gasteiger charge is 2.37. The second-order valence-corrected chi connectivity index (χ2v) is 11.9. The molecule has 10 nitrogen and oxygen atoms in total. The SMILES string of the molecule is C=Cc1c(C)c2cc3nc(c(C(=O)O)c4nc(cc5[nH]c(cc1[nH]2)c(C)c5CC)C(C)=C4C(=O)NCC)[C@@H](CCC(=O)OC)[C@@H]3C. The van der Waals surface area contributed by atoms with Crippen molar-refractivity contribution >= 4 is 57.1 Å². The third-order valence-electron chi connectivity index (χ3n) is 9.30. The minimum Gasteiger partial charge on any atom is -0.478 e. The number of likely N-dealkylation sites (N-methyl/N-ethyl adjacent to an activating group) is 1. The van der Waals surface area contributed by atoms with E-state index in [4.69, 9.17) is 14.7 Å². The van der Waals surface area contributed by atoms with Gasteiger partial charge in [-0.3, -0.25) is 14.6 Å². The molecule has 2 aliphatic rings. The van der Waals surface area contributed by atoms with E-state index in [0.29, 0.717) is 29.9 Å². The summed E-state index contributed by atoms with van der Waals surface area (Å²) in [4.78, 5) is 55.9. The molecule has 0 saturated heterocycles. The maximum absolute atomic E-state index is 13.6. The lowest BCUT2D eigenvalue weighted by Gasteiger charge is -2.17. The number of rotatable bonds is 8. The molecule has 0 spiro atoms. The number of nitrogens with one attached hydrogen (secondary N) is 3. The number of carboxylic acids is 1. The number of allylic oxidation sites excluding steroid dienone is 1. The molecule has 4 N–H and O–H groups in total. The number of hydrogen-bond donors (Lipinski definition) is 4. The summed E-state index contributed by atoms with van der Waals surface area (Å²) in [7, 11) is 1.33. The van der Waals surface area contributed by atoms with Gasteiger partial charge >= 0.3 is 11.9 Å². The van der Waals surface area contributed by atoms with Crippen LogP contribution in [0.4, 0.5) is 0 Å². The quantitative estimate of drug-likeness (QED) is 0.203. The molecule has 3 aromatic rings. The molecule has 1 amide bonds. The minimum atomic E-state index is -1.25. The average molecular weight is 624 g/mol. The van der Waals surface area contributed by atoms with E-state index in [1.165, 1.54) is 7.11 Å². The number of ether oxygens (including phenoxy) is 1. The van der Waals surface area contributed by atoms with Crippen LogP contribution in [-0.2, 0) is 20.7 Å². The van der Waals surface area contributed by atoms with Crippen LogP contribution in [0.25, 0.3) is 39.3 Å². The highest BCUT2D eigenvalue weighted by atomic mass is 16.5. The average Bonchev–Trinajstić information content (AvgIpc) is 3.69. The minimum absolute atomic E-state index is 0.0601. The first-order valence-electron chi connectivity index (χ1n) is 15.6. The van der Waals surface area contributed by atoms with Crippen LogP contribution >= 0.6 is 0 Å². The van der Waals surface area contributed by atoms with Gasteiger partial charge in [0.25, 0.3) is 5.91 Å². The number of esters is 1. The fraction of sp³-hybridized carbons (Fsp3) is 0.361. The molecule has 0 saturated carbocycles. The Kier molecular flexibility index (Phi) is 9.01. The van der Waals surface area contributed by atoms with Crippen LogP contribution in [0.3, 0.4) is 0 Å². The van der Waals surface area contributed by atoms with Gasteiger partial charge in [-0.05, 0) is 81.0 Å². The molecule has 0 radical (unpaired) electrons. The van der Waals surface area contributed by atoms with Crippen molar-refractivity contribution in [2.75, 3.05) is 13.7 Å². The molecule has 8 bridgehead atoms. The summed E-state index contributed by atoms with van der Waals surface area (Å²) in [6, 6.07) is 5.89. The monoisotopic (exact) mass is 623 g/mol. The Morgan fingerprint density at radius 2 is 1.72 bits per heavy atom. The predicted octanol–water partition coefficient (Wildman–Crippen LogP) is 6.74. The van der Waals surface area contributed by atoms with Gasteiger partial charge in [0.15, 0.2) is 0 Å². The number of nitrogens with zero attached hydrogens (tertiary/aromatic N) is 2. The lowest BCUT2D eigenvalue weighted by molar-refractivity contribution is -0.140. The fourth-order valence-electron chi connectivity index (χ4n) is 6.69. The van der Waals surface area contributed by atoms with Gasteiger partial charge in [-0.25, -0.2) is 9.78 Å². The van der Waals surface area contributed by atoms with Crippen molar-refractivity contribution in [2.45, 2.75) is 72.6 Å². The van der Waals surface area contributed by atoms with E-state index in [-0.39, 0.29) is 34.9 Å². The lowest BCUT2D eigenvalue weighted by atomic mass is 9.85. The summed E-state index contributed by atoms with van der Waals surface area (Å²) in [5.41, 5.74) is 9.65. The molecule has 2 atom stereocenters. The molecule has 0 unspecified atom stereocenters. The Hall–Kier alpha value is -4.99. The fourth-order valence-corrected chi connectivity index (χ4v) is 6.69. The van der Waals surface area contributed by atoms with Gasteiger partial charge < -0.3 is 25.1 Å². The standard InChI is InChI=1S/C36H41N5O5/c1-9-21-17(4)24-14-26-19(6)23(12-13-30(42)46-8)33(40-26)32(36(44)45)34-31(35(43)37-11-3)20(7)27(41-34)16-29-22(10-2)18(5)25(39-29)15-28(21)38-24/h9,14-16,19,23,38-39H,1,10-13H2,2-8H3,(H,37,43)(H,44,45)/t19-,23-/m0/s1. The highest BCUT2D eigenvalue weighted by molar-refractivity contribution is 6.28. The molecule has 10 heteroatoms. The molecule has 240 valence electrons. The molecule has 0 aliphatic carbocycles. The molecule has 3 aromatic heterocycles. The number of aromatic amines is 2. The summed E-state index contributed by atoms with van der Waals surface area (Å²) < 4.78 is 4.91. The normalized spacial score (nSPS) is 16.0. The van der Waals surface area contributed by atoms with Crippen molar-refractivity contribution in [3.63, 3.8) is 0 Å². The summed E-state index contributed by atoms with van der Waals surface area (Å²) in [6.07, 6.45) is 2.95. The van der Waals surface area contributed by atoms with Crippen molar-refractivity contribution in [3.8, 4) is 0 Å². The van der Waals surface area contributed by atoms with E-state index in [9.17, 15) is 19.5 Å². The van der Waals surface area contributed by atoms with Gasteiger partial charge in [0.2, 0.25) is 0 Å². The Bertz CT molecular complexity index is 1980. The molecular formula is C36H41N5O5. The zero-order valence-electron chi connectivity index (χ0n) is 27.5. The van der Waals surface area contributed by atoms with Gasteiger partial charge in [0.1, 0.15) is 5.56 Å². The number of methoxy groups -OCH3 is 1. The maximum atomic E-state index is 13.6. The van der Waals surface area contributed by atoms with E-state index >= 15 is 0 Å². The van der Waals surface area contributed by atoms with Gasteiger partial charge in [-0.2, -0.15) is 0 Å². The largest absolute Gasteiger partial charge is 0.478 e. The molecule has 0 fully saturated rings. The van der Waals surface area contributed by atoms with Gasteiger partial charge in [-0.1, -0.05) is 26.5 Å². The van der Waals surface area contributed by atoms with Crippen molar-refractivity contribution < 1.29 is 24.2 Å². The number of aromatic carboxylic acids is 1. The van der Waals surface area contributed by atoms with E-state index in [0.717, 1.165) is 50.7 Å². The topological polar surface area (TPSA) is 150 Å². The van der Waals surface area contributed by atoms with Crippen molar-refractivity contribution in [1.82, 2.24) is 25.3 Å². The molecular weight excluding hydrogens is 582 g/mol. The number of amides is 1. The van der Waals surface area contributed by atoms with Crippen LogP contribution in [0.1, 0.15) is 108 Å². The lowest BCUT2D eigenvalue weighted by Crippen LogP contribution is -2.25. The molecule has 0 aromatic carbocycles. The van der Waals surface area contributed by atoms with Crippen LogP contribution in [0, 0.1) is 13.8 Å². The van der Waals surface area contributed by atoms with Crippen molar-refractivity contribution in [2.24, 2.45) is 0 Å². The first-order valence-corrected chi connectivity index (χ1v) is 15.6. The molecule has 5 heterocycles. The van der Waals surface area contributed by atoms with Gasteiger partial charge in [-0.15, -0.1) is 0 Å². The smallest absolute Gasteiger partial charge is 0.339 e. The summed E-state index contributed by atoms with van der Waals surface area (Å²) in [5, 5.41) is 13.6. The number of hydrogen-bond acceptors (Lipinski definition) is 6. The highest BCUT2D eigenvalue weighted by Crippen LogP contribution is 2.43. The maximum Gasteiger partial charge on any atom is 0.339 e. The van der Waals surface area contributed by atoms with Crippen LogP contribution in [-0.4, -0.2) is 56.5 Å². The third-order valence-corrected chi connectivity index (χ3v) is 9.30. The Morgan fingerprint density at radius 3 is 2.35 bits per heavy atom. The van der Waals surface area contributed by atoms with E-state index in [1.807, 2.05) is 32.1 Å². The van der Waals surface area contributed by atoms with Crippen LogP contribution in [0.5, 0.6) is 0 Å². The zero-order chi connectivity index (χ0) is 33.4. The van der Waals surface area contributed by atoms with Crippen molar-refractivity contribution in [1.29, 1.82) is 0 Å². The number of carbonyl (C=O) groups excluding carboxylic acids is 2. The number of carbonyl (C=O) groups is 3. The van der Waals surface area contributed by atoms with Crippen molar-refractivity contribution in [3.05, 3.63) is 75.4 Å². The Labute approximate surface area is 268 Å². The third kappa shape index (κ3) is 5.52. The summed E-state index contributed by atoms with van der Waals surface area (Å²) >= 11 is 0. The summed E-state index contributed by atoms with van der Waals surface area (Å²) in [5.74, 6) is -2.75. The van der Waals surface area contributed by atoms with E-state index in [2.05, 4.69) is 41.8 Å². The van der Waals surface area contributed by atoms with Crippen LogP contribution < -0.4 is 5.32 Å². The number of aryl methyl sites for hydroxylation is 3. The van der Waals surface area contributed by atoms with E-state index < -0.39 is 23.8 Å². The number of aromatic nitrogens is 4. The molecule has 5 rings (SSSR count). The summed E-state index contributed by atoms with van der Waals surface area (Å²) in [6.45, 7) is 16.1. The first kappa shape index (κ1) is 32.4. The second kappa shape index (κ2) is 12.8. The predicted molar refractivity (Wildman–Crippen MR) is 180 cm³/mol. The first-order chi connectivity index (χ1) is 21.9. The molecule has 46 heavy (non-hydrogen) atoms.